The van der Waals surface area contributed by atoms with E-state index in [4.69, 9.17) is 5.11 Å². The summed E-state index contributed by atoms with van der Waals surface area (Å²) in [6.45, 7) is 0. The van der Waals surface area contributed by atoms with Gasteiger partial charge in [0.2, 0.25) is 0 Å². The summed E-state index contributed by atoms with van der Waals surface area (Å²) < 4.78 is 1.48. The number of pyridine rings is 1. The number of carboxylic acid groups (broad SMARTS) is 1. The molecule has 92 valence electrons. The Morgan fingerprint density at radius 2 is 2.17 bits per heavy atom. The van der Waals surface area contributed by atoms with Crippen LogP contribution < -0.4 is 5.32 Å². The van der Waals surface area contributed by atoms with Crippen LogP contribution in [0.1, 0.15) is 20.8 Å². The van der Waals surface area contributed by atoms with Crippen LogP contribution in [0.25, 0.3) is 0 Å². The van der Waals surface area contributed by atoms with E-state index >= 15 is 0 Å². The minimum Gasteiger partial charge on any atom is -0.478 e. The van der Waals surface area contributed by atoms with Crippen LogP contribution in [0.3, 0.4) is 0 Å². The number of rotatable bonds is 3. The fourth-order valence-corrected chi connectivity index (χ4v) is 1.40. The molecule has 0 saturated heterocycles. The Hall–Kier alpha value is -2.70. The number of anilines is 1. The molecular formula is C11H10N4O3. The van der Waals surface area contributed by atoms with Crippen molar-refractivity contribution in [2.45, 2.75) is 0 Å². The molecule has 0 unspecified atom stereocenters. The molecule has 0 aliphatic rings. The maximum absolute atomic E-state index is 11.8. The third-order valence-corrected chi connectivity index (χ3v) is 2.25. The molecule has 0 spiro atoms. The second-order valence-electron chi connectivity index (χ2n) is 3.56. The molecule has 0 radical (unpaired) electrons. The summed E-state index contributed by atoms with van der Waals surface area (Å²) in [5.41, 5.74) is 0.327. The number of aryl methyl sites for hydroxylation is 1. The van der Waals surface area contributed by atoms with Gasteiger partial charge in [-0.15, -0.1) is 0 Å². The lowest BCUT2D eigenvalue weighted by molar-refractivity contribution is 0.0698. The van der Waals surface area contributed by atoms with Gasteiger partial charge in [-0.05, 0) is 12.1 Å². The number of carboxylic acids is 1. The van der Waals surface area contributed by atoms with Crippen molar-refractivity contribution in [3.63, 3.8) is 0 Å². The summed E-state index contributed by atoms with van der Waals surface area (Å²) in [6.07, 6.45) is 4.25. The summed E-state index contributed by atoms with van der Waals surface area (Å²) in [5.74, 6) is -1.61. The van der Waals surface area contributed by atoms with Crippen molar-refractivity contribution in [3.8, 4) is 0 Å². The monoisotopic (exact) mass is 246 g/mol. The van der Waals surface area contributed by atoms with E-state index in [1.165, 1.54) is 29.2 Å². The number of aromatic nitrogens is 3. The first-order valence-electron chi connectivity index (χ1n) is 5.06. The molecular weight excluding hydrogens is 236 g/mol. The van der Waals surface area contributed by atoms with Crippen molar-refractivity contribution in [2.75, 3.05) is 5.32 Å². The van der Waals surface area contributed by atoms with Crippen LogP contribution in [-0.2, 0) is 7.05 Å². The van der Waals surface area contributed by atoms with E-state index in [0.29, 0.717) is 0 Å². The summed E-state index contributed by atoms with van der Waals surface area (Å²) in [7, 11) is 1.68. The van der Waals surface area contributed by atoms with Gasteiger partial charge in [0.1, 0.15) is 0 Å². The van der Waals surface area contributed by atoms with Crippen molar-refractivity contribution < 1.29 is 14.7 Å². The van der Waals surface area contributed by atoms with Crippen LogP contribution in [-0.4, -0.2) is 31.7 Å². The molecule has 7 nitrogen and oxygen atoms in total. The van der Waals surface area contributed by atoms with E-state index in [1.807, 2.05) is 0 Å². The summed E-state index contributed by atoms with van der Waals surface area (Å²) in [6, 6.07) is 2.85. The van der Waals surface area contributed by atoms with Crippen LogP contribution >= 0.6 is 0 Å². The Morgan fingerprint density at radius 1 is 1.39 bits per heavy atom. The first-order chi connectivity index (χ1) is 8.58. The molecule has 0 aliphatic carbocycles. The number of hydrogen-bond acceptors (Lipinski definition) is 4. The van der Waals surface area contributed by atoms with Gasteiger partial charge >= 0.3 is 5.97 Å². The summed E-state index contributed by atoms with van der Waals surface area (Å²) >= 11 is 0. The lowest BCUT2D eigenvalue weighted by Gasteiger charge is -2.05. The van der Waals surface area contributed by atoms with E-state index < -0.39 is 11.9 Å². The van der Waals surface area contributed by atoms with E-state index in [2.05, 4.69) is 15.4 Å². The van der Waals surface area contributed by atoms with Crippen LogP contribution in [0.15, 0.2) is 30.7 Å². The highest BCUT2D eigenvalue weighted by Crippen LogP contribution is 2.14. The molecule has 2 aromatic heterocycles. The third kappa shape index (κ3) is 2.34. The number of carbonyl (C=O) groups excluding carboxylic acids is 1. The predicted molar refractivity (Wildman–Crippen MR) is 62.4 cm³/mol. The van der Waals surface area contributed by atoms with Crippen LogP contribution in [0, 0.1) is 0 Å². The van der Waals surface area contributed by atoms with Gasteiger partial charge in [0.15, 0.2) is 5.69 Å². The van der Waals surface area contributed by atoms with Gasteiger partial charge in [-0.3, -0.25) is 14.5 Å². The van der Waals surface area contributed by atoms with Gasteiger partial charge in [-0.1, -0.05) is 0 Å². The molecule has 0 fully saturated rings. The first-order valence-corrected chi connectivity index (χ1v) is 5.06. The number of nitrogens with zero attached hydrogens (tertiary/aromatic N) is 3. The van der Waals surface area contributed by atoms with Crippen LogP contribution in [0.5, 0.6) is 0 Å². The highest BCUT2D eigenvalue weighted by molar-refractivity contribution is 6.06. The Morgan fingerprint density at radius 3 is 2.78 bits per heavy atom. The molecule has 2 rings (SSSR count). The van der Waals surface area contributed by atoms with Gasteiger partial charge in [-0.2, -0.15) is 5.10 Å². The Labute approximate surface area is 102 Å². The molecule has 2 aromatic rings. The minimum atomic E-state index is -1.13. The molecule has 0 bridgehead atoms. The van der Waals surface area contributed by atoms with E-state index in [-0.39, 0.29) is 16.9 Å². The predicted octanol–water partition coefficient (Wildman–Crippen LogP) is 0.766. The van der Waals surface area contributed by atoms with Crippen LogP contribution in [0.4, 0.5) is 5.69 Å². The zero-order valence-electron chi connectivity index (χ0n) is 9.49. The van der Waals surface area contributed by atoms with Gasteiger partial charge in [0.05, 0.1) is 17.4 Å². The quantitative estimate of drug-likeness (QED) is 0.833. The lowest BCUT2D eigenvalue weighted by Crippen LogP contribution is -2.15. The molecule has 7 heteroatoms. The summed E-state index contributed by atoms with van der Waals surface area (Å²) in [5, 5.41) is 15.3. The van der Waals surface area contributed by atoms with Gasteiger partial charge < -0.3 is 10.4 Å². The third-order valence-electron chi connectivity index (χ3n) is 2.25. The average Bonchev–Trinajstić information content (AvgIpc) is 2.76. The van der Waals surface area contributed by atoms with E-state index in [0.717, 1.165) is 0 Å². The Bertz CT molecular complexity index is 606. The molecule has 1 amide bonds. The molecule has 0 atom stereocenters. The fraction of sp³-hybridized carbons (Fsp3) is 0.0909. The van der Waals surface area contributed by atoms with Crippen molar-refractivity contribution >= 4 is 17.6 Å². The van der Waals surface area contributed by atoms with Crippen LogP contribution in [0.2, 0.25) is 0 Å². The van der Waals surface area contributed by atoms with Gasteiger partial charge in [0.25, 0.3) is 5.91 Å². The molecule has 0 aliphatic heterocycles. The smallest absolute Gasteiger partial charge is 0.337 e. The van der Waals surface area contributed by atoms with Crippen molar-refractivity contribution in [1.29, 1.82) is 0 Å². The Balaban J connectivity index is 2.24. The molecule has 0 aromatic carbocycles. The van der Waals surface area contributed by atoms with E-state index in [9.17, 15) is 9.59 Å². The SMILES string of the molecule is Cn1ccc(C(=O)Nc2cnccc2C(=O)O)n1. The number of aromatic carboxylic acids is 1. The number of hydrogen-bond donors (Lipinski definition) is 2. The molecule has 18 heavy (non-hydrogen) atoms. The topological polar surface area (TPSA) is 97.1 Å². The van der Waals surface area contributed by atoms with E-state index in [1.54, 1.807) is 13.2 Å². The highest BCUT2D eigenvalue weighted by Gasteiger charge is 2.14. The average molecular weight is 246 g/mol. The maximum Gasteiger partial charge on any atom is 0.337 e. The normalized spacial score (nSPS) is 10.1. The Kier molecular flexibility index (Phi) is 3.05. The summed E-state index contributed by atoms with van der Waals surface area (Å²) in [4.78, 5) is 26.5. The first kappa shape index (κ1) is 11.8. The maximum atomic E-state index is 11.8. The van der Waals surface area contributed by atoms with Gasteiger partial charge in [-0.25, -0.2) is 4.79 Å². The molecule has 2 N–H and O–H groups in total. The van der Waals surface area contributed by atoms with Crippen molar-refractivity contribution in [2.24, 2.45) is 7.05 Å². The second-order valence-corrected chi connectivity index (χ2v) is 3.56. The fourth-order valence-electron chi connectivity index (χ4n) is 1.40. The lowest BCUT2D eigenvalue weighted by atomic mass is 10.2. The van der Waals surface area contributed by atoms with Crippen molar-refractivity contribution in [1.82, 2.24) is 14.8 Å². The second kappa shape index (κ2) is 4.66. The number of nitrogens with one attached hydrogen (secondary N) is 1. The number of carbonyl (C=O) groups is 2. The standard InChI is InChI=1S/C11H10N4O3/c1-15-5-3-8(14-15)10(16)13-9-6-12-4-2-7(9)11(17)18/h2-6H,1H3,(H,13,16)(H,17,18). The number of amides is 1. The minimum absolute atomic E-state index is 0.0192. The molecule has 0 saturated carbocycles. The van der Waals surface area contributed by atoms with Crippen molar-refractivity contribution in [3.05, 3.63) is 42.0 Å². The molecule has 2 heterocycles. The highest BCUT2D eigenvalue weighted by atomic mass is 16.4. The zero-order valence-corrected chi connectivity index (χ0v) is 9.49. The zero-order chi connectivity index (χ0) is 13.1. The largest absolute Gasteiger partial charge is 0.478 e. The van der Waals surface area contributed by atoms with Gasteiger partial charge in [0, 0.05) is 19.4 Å².